The van der Waals surface area contributed by atoms with Crippen LogP contribution >= 0.6 is 0 Å². The minimum absolute atomic E-state index is 0.0162. The number of Topliss-reactive ketones (excluding diaryl/α,β-unsaturated/α-hetero) is 1. The summed E-state index contributed by atoms with van der Waals surface area (Å²) in [5.41, 5.74) is 3.02. The molecule has 2 amide bonds. The summed E-state index contributed by atoms with van der Waals surface area (Å²) in [6.07, 6.45) is 6.86. The van der Waals surface area contributed by atoms with Gasteiger partial charge in [-0.2, -0.15) is 0 Å². The van der Waals surface area contributed by atoms with Crippen LogP contribution in [0.15, 0.2) is 72.9 Å². The van der Waals surface area contributed by atoms with E-state index < -0.39 is 6.04 Å². The average Bonchev–Trinajstić information content (AvgIpc) is 3.42. The number of para-hydroxylation sites is 2. The maximum atomic E-state index is 14.5. The highest BCUT2D eigenvalue weighted by molar-refractivity contribution is 6.09. The Morgan fingerprint density at radius 1 is 0.929 bits per heavy atom. The molecule has 8 nitrogen and oxygen atoms in total. The van der Waals surface area contributed by atoms with Crippen molar-refractivity contribution in [1.82, 2.24) is 10.3 Å². The van der Waals surface area contributed by atoms with Gasteiger partial charge in [0.1, 0.15) is 6.04 Å². The normalized spacial score (nSPS) is 14.3. The summed E-state index contributed by atoms with van der Waals surface area (Å²) in [4.78, 5) is 46.3. The number of carbonyl (C=O) groups excluding carboxylic acids is 3. The van der Waals surface area contributed by atoms with Crippen molar-refractivity contribution >= 4 is 34.2 Å². The fourth-order valence-corrected chi connectivity index (χ4v) is 5.89. The van der Waals surface area contributed by atoms with Gasteiger partial charge in [-0.05, 0) is 61.2 Å². The molecular formula is C34H37N3O5. The van der Waals surface area contributed by atoms with Gasteiger partial charge in [-0.3, -0.25) is 19.3 Å². The molecule has 1 atom stereocenters. The minimum Gasteiger partial charge on any atom is -0.493 e. The number of anilines is 1. The number of carbonyl (C=O) groups is 3. The number of ketones is 1. The van der Waals surface area contributed by atoms with Crippen molar-refractivity contribution in [2.75, 3.05) is 19.1 Å². The summed E-state index contributed by atoms with van der Waals surface area (Å²) in [6.45, 7) is 1.47. The fourth-order valence-electron chi connectivity index (χ4n) is 5.89. The number of hydrogen-bond donors (Lipinski definition) is 2. The van der Waals surface area contributed by atoms with E-state index >= 15 is 0 Å². The number of ether oxygens (including phenoxy) is 2. The van der Waals surface area contributed by atoms with Gasteiger partial charge in [-0.25, -0.2) is 0 Å². The van der Waals surface area contributed by atoms with Crippen LogP contribution in [0.1, 0.15) is 66.6 Å². The first-order valence-corrected chi connectivity index (χ1v) is 14.4. The number of methoxy groups -OCH3 is 2. The third-order valence-corrected chi connectivity index (χ3v) is 8.01. The van der Waals surface area contributed by atoms with Crippen LogP contribution in [0, 0.1) is 0 Å². The quantitative estimate of drug-likeness (QED) is 0.224. The number of aromatic nitrogens is 1. The molecule has 3 aromatic carbocycles. The van der Waals surface area contributed by atoms with E-state index in [4.69, 9.17) is 9.47 Å². The number of nitrogens with one attached hydrogen (secondary N) is 2. The van der Waals surface area contributed by atoms with Gasteiger partial charge in [0.2, 0.25) is 11.8 Å². The zero-order valence-electron chi connectivity index (χ0n) is 24.3. The van der Waals surface area contributed by atoms with Crippen LogP contribution in [-0.2, 0) is 16.0 Å². The van der Waals surface area contributed by atoms with Gasteiger partial charge < -0.3 is 19.8 Å². The molecule has 0 spiro atoms. The van der Waals surface area contributed by atoms with Crippen LogP contribution < -0.4 is 19.7 Å². The first-order valence-electron chi connectivity index (χ1n) is 14.4. The molecule has 1 aliphatic rings. The lowest BCUT2D eigenvalue weighted by atomic mass is 9.94. The molecule has 1 heterocycles. The molecule has 1 aliphatic carbocycles. The second-order valence-electron chi connectivity index (χ2n) is 10.7. The molecule has 42 heavy (non-hydrogen) atoms. The van der Waals surface area contributed by atoms with E-state index in [1.807, 2.05) is 30.5 Å². The molecular weight excluding hydrogens is 530 g/mol. The van der Waals surface area contributed by atoms with Gasteiger partial charge in [0.15, 0.2) is 17.3 Å². The molecule has 5 rings (SSSR count). The lowest BCUT2D eigenvalue weighted by Gasteiger charge is -2.34. The second-order valence-corrected chi connectivity index (χ2v) is 10.7. The molecule has 0 bridgehead atoms. The smallest absolute Gasteiger partial charge is 0.248 e. The van der Waals surface area contributed by atoms with Crippen LogP contribution in [-0.4, -0.2) is 42.8 Å². The Morgan fingerprint density at radius 3 is 2.38 bits per heavy atom. The number of fused-ring (bicyclic) bond motifs is 1. The lowest BCUT2D eigenvalue weighted by Crippen LogP contribution is -2.48. The van der Waals surface area contributed by atoms with Crippen LogP contribution in [0.3, 0.4) is 0 Å². The van der Waals surface area contributed by atoms with Crippen molar-refractivity contribution in [1.29, 1.82) is 0 Å². The molecule has 8 heteroatoms. The predicted octanol–water partition coefficient (Wildman–Crippen LogP) is 6.15. The molecule has 1 fully saturated rings. The maximum absolute atomic E-state index is 14.5. The van der Waals surface area contributed by atoms with Gasteiger partial charge in [-0.15, -0.1) is 0 Å². The summed E-state index contributed by atoms with van der Waals surface area (Å²) in [7, 11) is 3.08. The van der Waals surface area contributed by atoms with Crippen molar-refractivity contribution < 1.29 is 23.9 Å². The standard InChI is InChI=1S/C34H37N3O5/c1-22(38)26-13-8-10-16-29(26)37(32(39)20-24-21-35-28-15-9-7-14-27(24)28)33(34(40)36-25-11-5-4-6-12-25)23-17-18-30(41-2)31(19-23)42-3/h7-10,13-19,21,25,33,35H,4-6,11-12,20H2,1-3H3,(H,36,40)/t33-/m1/s1. The number of amides is 2. The highest BCUT2D eigenvalue weighted by Gasteiger charge is 2.36. The molecule has 2 N–H and O–H groups in total. The minimum atomic E-state index is -1.06. The van der Waals surface area contributed by atoms with E-state index in [1.165, 1.54) is 18.9 Å². The van der Waals surface area contributed by atoms with Crippen LogP contribution in [0.5, 0.6) is 11.5 Å². The van der Waals surface area contributed by atoms with Crippen LogP contribution in [0.25, 0.3) is 10.9 Å². The third-order valence-electron chi connectivity index (χ3n) is 8.01. The molecule has 0 saturated heterocycles. The summed E-state index contributed by atoms with van der Waals surface area (Å²) < 4.78 is 11.0. The summed E-state index contributed by atoms with van der Waals surface area (Å²) in [5.74, 6) is 0.129. The molecule has 1 aromatic heterocycles. The van der Waals surface area contributed by atoms with Crippen molar-refractivity contribution in [2.24, 2.45) is 0 Å². The third kappa shape index (κ3) is 6.03. The summed E-state index contributed by atoms with van der Waals surface area (Å²) >= 11 is 0. The Bertz CT molecular complexity index is 1590. The van der Waals surface area contributed by atoms with Crippen molar-refractivity contribution in [3.8, 4) is 11.5 Å². The highest BCUT2D eigenvalue weighted by Crippen LogP contribution is 2.37. The molecule has 0 unspecified atom stereocenters. The summed E-state index contributed by atoms with van der Waals surface area (Å²) in [6, 6.07) is 18.9. The van der Waals surface area contributed by atoms with Crippen molar-refractivity contribution in [2.45, 2.75) is 57.5 Å². The van der Waals surface area contributed by atoms with Gasteiger partial charge in [-0.1, -0.05) is 55.7 Å². The molecule has 218 valence electrons. The number of benzene rings is 3. The van der Waals surface area contributed by atoms with E-state index in [2.05, 4.69) is 10.3 Å². The Labute approximate surface area is 246 Å². The Kier molecular flexibility index (Phi) is 8.91. The van der Waals surface area contributed by atoms with Crippen molar-refractivity contribution in [3.05, 3.63) is 89.6 Å². The number of H-pyrrole nitrogens is 1. The Morgan fingerprint density at radius 2 is 1.64 bits per heavy atom. The van der Waals surface area contributed by atoms with Gasteiger partial charge in [0.05, 0.1) is 26.3 Å². The topological polar surface area (TPSA) is 101 Å². The molecule has 0 aliphatic heterocycles. The number of rotatable bonds is 10. The van der Waals surface area contributed by atoms with E-state index in [-0.39, 0.29) is 30.1 Å². The summed E-state index contributed by atoms with van der Waals surface area (Å²) in [5, 5.41) is 4.16. The van der Waals surface area contributed by atoms with E-state index in [0.29, 0.717) is 28.3 Å². The molecule has 4 aromatic rings. The van der Waals surface area contributed by atoms with E-state index in [9.17, 15) is 14.4 Å². The monoisotopic (exact) mass is 567 g/mol. The average molecular weight is 568 g/mol. The number of nitrogens with zero attached hydrogens (tertiary/aromatic N) is 1. The van der Waals surface area contributed by atoms with Gasteiger partial charge >= 0.3 is 0 Å². The zero-order chi connectivity index (χ0) is 29.6. The number of aromatic amines is 1. The van der Waals surface area contributed by atoms with Crippen LogP contribution in [0.2, 0.25) is 0 Å². The fraction of sp³-hybridized carbons (Fsp3) is 0.324. The van der Waals surface area contributed by atoms with Crippen LogP contribution in [0.4, 0.5) is 5.69 Å². The number of hydrogen-bond acceptors (Lipinski definition) is 5. The van der Waals surface area contributed by atoms with E-state index in [1.54, 1.807) is 49.6 Å². The Hall–Kier alpha value is -4.59. The first kappa shape index (κ1) is 28.9. The zero-order valence-corrected chi connectivity index (χ0v) is 24.3. The lowest BCUT2D eigenvalue weighted by molar-refractivity contribution is -0.127. The van der Waals surface area contributed by atoms with Gasteiger partial charge in [0, 0.05) is 28.7 Å². The maximum Gasteiger partial charge on any atom is 0.248 e. The van der Waals surface area contributed by atoms with E-state index in [0.717, 1.165) is 48.6 Å². The van der Waals surface area contributed by atoms with Gasteiger partial charge in [0.25, 0.3) is 0 Å². The SMILES string of the molecule is COc1ccc([C@H](C(=O)NC2CCCCC2)N(C(=O)Cc2c[nH]c3ccccc23)c2ccccc2C(C)=O)cc1OC. The Balaban J connectivity index is 1.65. The predicted molar refractivity (Wildman–Crippen MR) is 163 cm³/mol. The second kappa shape index (κ2) is 12.9. The molecule has 0 radical (unpaired) electrons. The van der Waals surface area contributed by atoms with Crippen molar-refractivity contribution in [3.63, 3.8) is 0 Å². The highest BCUT2D eigenvalue weighted by atomic mass is 16.5. The molecule has 1 saturated carbocycles. The largest absolute Gasteiger partial charge is 0.493 e. The first-order chi connectivity index (χ1) is 20.4.